The van der Waals surface area contributed by atoms with Crippen LogP contribution in [0.4, 0.5) is 0 Å². The molecule has 3 heterocycles. The van der Waals surface area contributed by atoms with E-state index in [-0.39, 0.29) is 0 Å². The fourth-order valence-corrected chi connectivity index (χ4v) is 7.90. The fourth-order valence-electron chi connectivity index (χ4n) is 7.90. The summed E-state index contributed by atoms with van der Waals surface area (Å²) in [7, 11) is 0. The van der Waals surface area contributed by atoms with Crippen molar-refractivity contribution in [3.05, 3.63) is 200 Å². The van der Waals surface area contributed by atoms with Crippen molar-refractivity contribution in [2.24, 2.45) is 0 Å². The lowest BCUT2D eigenvalue weighted by molar-refractivity contribution is 0.620. The van der Waals surface area contributed by atoms with Crippen LogP contribution in [0.2, 0.25) is 0 Å². The van der Waals surface area contributed by atoms with E-state index < -0.39 is 0 Å². The lowest BCUT2D eigenvalue weighted by atomic mass is 9.96. The molecule has 3 aromatic heterocycles. The molecule has 8 aromatic carbocycles. The van der Waals surface area contributed by atoms with E-state index in [1.165, 1.54) is 0 Å². The quantitative estimate of drug-likeness (QED) is 0.163. The first-order valence-electron chi connectivity index (χ1n) is 19.3. The van der Waals surface area contributed by atoms with Crippen LogP contribution in [-0.4, -0.2) is 24.5 Å². The number of para-hydroxylation sites is 3. The molecule has 11 aromatic rings. The molecular formula is C52H33N5O. The fraction of sp³-hybridized carbons (Fsp3) is 0. The van der Waals surface area contributed by atoms with E-state index in [0.717, 1.165) is 77.5 Å². The van der Waals surface area contributed by atoms with Gasteiger partial charge in [0.05, 0.1) is 16.6 Å². The minimum Gasteiger partial charge on any atom is -0.435 e. The van der Waals surface area contributed by atoms with E-state index in [4.69, 9.17) is 24.4 Å². The minimum atomic E-state index is 0.506. The van der Waals surface area contributed by atoms with Crippen LogP contribution >= 0.6 is 0 Å². The Labute approximate surface area is 334 Å². The van der Waals surface area contributed by atoms with Crippen molar-refractivity contribution in [1.29, 1.82) is 0 Å². The number of hydrogen-bond donors (Lipinski definition) is 0. The van der Waals surface area contributed by atoms with E-state index >= 15 is 0 Å². The van der Waals surface area contributed by atoms with Crippen molar-refractivity contribution in [1.82, 2.24) is 24.5 Å². The van der Waals surface area contributed by atoms with E-state index in [1.807, 2.05) is 66.7 Å². The van der Waals surface area contributed by atoms with Gasteiger partial charge in [-0.2, -0.15) is 0 Å². The molecule has 0 aliphatic rings. The zero-order valence-electron chi connectivity index (χ0n) is 31.2. The molecule has 0 spiro atoms. The summed E-state index contributed by atoms with van der Waals surface area (Å²) in [5, 5.41) is 2.28. The van der Waals surface area contributed by atoms with Crippen LogP contribution < -0.4 is 0 Å². The van der Waals surface area contributed by atoms with E-state index in [2.05, 4.69) is 138 Å². The number of aromatic nitrogens is 5. The lowest BCUT2D eigenvalue weighted by Gasteiger charge is -2.10. The smallest absolute Gasteiger partial charge is 0.227 e. The number of oxazole rings is 1. The number of nitrogens with zero attached hydrogens (tertiary/aromatic N) is 5. The first kappa shape index (κ1) is 33.4. The third kappa shape index (κ3) is 5.92. The number of hydrogen-bond acceptors (Lipinski definition) is 5. The number of fused-ring (bicyclic) bond motifs is 4. The minimum absolute atomic E-state index is 0.506. The molecule has 58 heavy (non-hydrogen) atoms. The lowest BCUT2D eigenvalue weighted by Crippen LogP contribution is -2.00. The van der Waals surface area contributed by atoms with Gasteiger partial charge < -0.3 is 8.98 Å². The molecule has 0 atom stereocenters. The summed E-state index contributed by atoms with van der Waals surface area (Å²) >= 11 is 0. The van der Waals surface area contributed by atoms with Crippen molar-refractivity contribution in [2.45, 2.75) is 0 Å². The molecule has 0 radical (unpaired) electrons. The summed E-state index contributed by atoms with van der Waals surface area (Å²) in [6, 6.07) is 68.8. The molecule has 6 heteroatoms. The largest absolute Gasteiger partial charge is 0.435 e. The van der Waals surface area contributed by atoms with Crippen molar-refractivity contribution >= 4 is 32.9 Å². The Morgan fingerprint density at radius 2 is 0.897 bits per heavy atom. The first-order chi connectivity index (χ1) is 28.7. The summed E-state index contributed by atoms with van der Waals surface area (Å²) in [5.74, 6) is 2.18. The van der Waals surface area contributed by atoms with Crippen molar-refractivity contribution in [3.63, 3.8) is 0 Å². The Morgan fingerprint density at radius 1 is 0.345 bits per heavy atom. The summed E-state index contributed by atoms with van der Waals surface area (Å²) in [4.78, 5) is 20.4. The van der Waals surface area contributed by atoms with Gasteiger partial charge in [0.15, 0.2) is 23.1 Å². The molecule has 0 N–H and O–H groups in total. The maximum absolute atomic E-state index is 6.75. The molecule has 0 saturated heterocycles. The normalized spacial score (nSPS) is 11.4. The molecule has 0 bridgehead atoms. The third-order valence-electron chi connectivity index (χ3n) is 10.7. The standard InChI is InChI=1S/C52H33N5O/c1-5-16-34(17-6-1)38-30-39(35-18-7-2-8-19-35)32-40(31-38)52-53-45-26-15-25-43(48(45)58-52)51-55-49(36-20-9-3-10-21-36)54-50(56-51)37-28-29-47-44(33-37)42-24-13-14-27-46(42)57(47)41-22-11-4-12-23-41/h1-33H. The molecule has 0 aliphatic carbocycles. The molecule has 0 unspecified atom stereocenters. The summed E-state index contributed by atoms with van der Waals surface area (Å²) in [5.41, 5.74) is 12.5. The number of benzene rings is 8. The second kappa shape index (κ2) is 14.0. The van der Waals surface area contributed by atoms with Crippen molar-refractivity contribution < 1.29 is 4.42 Å². The van der Waals surface area contributed by atoms with Crippen molar-refractivity contribution in [2.75, 3.05) is 0 Å². The number of rotatable bonds is 7. The second-order valence-corrected chi connectivity index (χ2v) is 14.3. The highest BCUT2D eigenvalue weighted by molar-refractivity contribution is 6.10. The van der Waals surface area contributed by atoms with Gasteiger partial charge in [-0.15, -0.1) is 0 Å². The van der Waals surface area contributed by atoms with Crippen LogP contribution in [0, 0.1) is 0 Å². The topological polar surface area (TPSA) is 69.6 Å². The van der Waals surface area contributed by atoms with Gasteiger partial charge in [-0.1, -0.05) is 133 Å². The Bertz CT molecular complexity index is 3210. The van der Waals surface area contributed by atoms with Crippen LogP contribution in [0.1, 0.15) is 0 Å². The Kier molecular flexibility index (Phi) is 8.04. The molecule has 11 rings (SSSR count). The average molecular weight is 744 g/mol. The monoisotopic (exact) mass is 743 g/mol. The van der Waals surface area contributed by atoms with Crippen LogP contribution in [0.15, 0.2) is 205 Å². The molecule has 0 aliphatic heterocycles. The summed E-state index contributed by atoms with van der Waals surface area (Å²) in [6.45, 7) is 0. The van der Waals surface area contributed by atoms with E-state index in [9.17, 15) is 0 Å². The van der Waals surface area contributed by atoms with Gasteiger partial charge in [0.1, 0.15) is 5.52 Å². The highest BCUT2D eigenvalue weighted by Crippen LogP contribution is 2.38. The van der Waals surface area contributed by atoms with Crippen LogP contribution in [0.25, 0.3) is 106 Å². The van der Waals surface area contributed by atoms with Gasteiger partial charge in [0.25, 0.3) is 0 Å². The maximum atomic E-state index is 6.75. The first-order valence-corrected chi connectivity index (χ1v) is 19.3. The predicted molar refractivity (Wildman–Crippen MR) is 234 cm³/mol. The Balaban J connectivity index is 1.08. The Morgan fingerprint density at radius 3 is 1.59 bits per heavy atom. The zero-order chi connectivity index (χ0) is 38.4. The SMILES string of the molecule is c1ccc(-c2cc(-c3ccccc3)cc(-c3nc4cccc(-c5nc(-c6ccccc6)nc(-c6ccc7c(c6)c6ccccc6n7-c6ccccc6)n5)c4o3)c2)cc1. The molecule has 0 fully saturated rings. The van der Waals surface area contributed by atoms with Gasteiger partial charge in [0, 0.05) is 33.2 Å². The maximum Gasteiger partial charge on any atom is 0.227 e. The van der Waals surface area contributed by atoms with Gasteiger partial charge in [-0.05, 0) is 89.0 Å². The van der Waals surface area contributed by atoms with Gasteiger partial charge in [0.2, 0.25) is 5.89 Å². The second-order valence-electron chi connectivity index (χ2n) is 14.3. The highest BCUT2D eigenvalue weighted by Gasteiger charge is 2.20. The summed E-state index contributed by atoms with van der Waals surface area (Å²) in [6.07, 6.45) is 0. The molecule has 0 amide bonds. The van der Waals surface area contributed by atoms with Crippen LogP contribution in [-0.2, 0) is 0 Å². The van der Waals surface area contributed by atoms with E-state index in [0.29, 0.717) is 28.9 Å². The van der Waals surface area contributed by atoms with Crippen LogP contribution in [0.3, 0.4) is 0 Å². The highest BCUT2D eigenvalue weighted by atomic mass is 16.3. The van der Waals surface area contributed by atoms with Crippen molar-refractivity contribution in [3.8, 4) is 73.6 Å². The zero-order valence-corrected chi connectivity index (χ0v) is 31.2. The van der Waals surface area contributed by atoms with Crippen LogP contribution in [0.5, 0.6) is 0 Å². The third-order valence-corrected chi connectivity index (χ3v) is 10.7. The van der Waals surface area contributed by atoms with Gasteiger partial charge >= 0.3 is 0 Å². The molecule has 6 nitrogen and oxygen atoms in total. The van der Waals surface area contributed by atoms with Gasteiger partial charge in [-0.3, -0.25) is 0 Å². The molecule has 272 valence electrons. The predicted octanol–water partition coefficient (Wildman–Crippen LogP) is 13.1. The molecule has 0 saturated carbocycles. The van der Waals surface area contributed by atoms with Gasteiger partial charge in [-0.25, -0.2) is 19.9 Å². The Hall–Kier alpha value is -7.96. The summed E-state index contributed by atoms with van der Waals surface area (Å²) < 4.78 is 9.06. The van der Waals surface area contributed by atoms with E-state index in [1.54, 1.807) is 0 Å². The average Bonchev–Trinajstić information content (AvgIpc) is 3.90. The molecular weight excluding hydrogens is 711 g/mol.